The molecule has 0 spiro atoms. The Balaban J connectivity index is 1.65. The van der Waals surface area contributed by atoms with Crippen LogP contribution in [0.25, 0.3) is 0 Å². The Morgan fingerprint density at radius 2 is 1.62 bits per heavy atom. The number of benzene rings is 3. The minimum Gasteiger partial charge on any atom is -0.493 e. The molecule has 29 heavy (non-hydrogen) atoms. The molecule has 0 heterocycles. The van der Waals surface area contributed by atoms with Crippen LogP contribution in [0.5, 0.6) is 11.5 Å². The van der Waals surface area contributed by atoms with Gasteiger partial charge in [-0.2, -0.15) is 0 Å². The largest absolute Gasteiger partial charge is 0.493 e. The van der Waals surface area contributed by atoms with Crippen LogP contribution in [0.4, 0.5) is 8.78 Å². The van der Waals surface area contributed by atoms with Gasteiger partial charge in [-0.05, 0) is 63.5 Å². The van der Waals surface area contributed by atoms with Crippen molar-refractivity contribution in [2.45, 2.75) is 19.7 Å². The van der Waals surface area contributed by atoms with E-state index in [1.165, 1.54) is 24.3 Å². The highest BCUT2D eigenvalue weighted by atomic mass is 79.9. The van der Waals surface area contributed by atoms with Crippen LogP contribution in [0.15, 0.2) is 59.1 Å². The maximum atomic E-state index is 13.2. The minimum atomic E-state index is -0.394. The molecule has 152 valence electrons. The van der Waals surface area contributed by atoms with Gasteiger partial charge in [0, 0.05) is 18.7 Å². The van der Waals surface area contributed by atoms with Crippen LogP contribution in [-0.4, -0.2) is 7.11 Å². The number of rotatable bonds is 8. The average Bonchev–Trinajstić information content (AvgIpc) is 2.69. The SMILES string of the molecule is COc1cc(CNCc2ccc(F)cc2)cc(Br)c1OCc1ccc(F)cc1Cl. The number of methoxy groups -OCH3 is 1. The Morgan fingerprint density at radius 3 is 2.31 bits per heavy atom. The van der Waals surface area contributed by atoms with Crippen molar-refractivity contribution < 1.29 is 18.3 Å². The molecule has 0 aliphatic rings. The fourth-order valence-electron chi connectivity index (χ4n) is 2.76. The first kappa shape index (κ1) is 21.6. The maximum absolute atomic E-state index is 13.2. The first-order chi connectivity index (χ1) is 14.0. The zero-order valence-electron chi connectivity index (χ0n) is 15.6. The molecule has 3 nitrogen and oxygen atoms in total. The van der Waals surface area contributed by atoms with Crippen LogP contribution in [-0.2, 0) is 19.7 Å². The van der Waals surface area contributed by atoms with Crippen LogP contribution in [0.2, 0.25) is 5.02 Å². The van der Waals surface area contributed by atoms with Crippen molar-refractivity contribution in [3.63, 3.8) is 0 Å². The van der Waals surface area contributed by atoms with Crippen molar-refractivity contribution in [2.24, 2.45) is 0 Å². The summed E-state index contributed by atoms with van der Waals surface area (Å²) in [7, 11) is 1.56. The summed E-state index contributed by atoms with van der Waals surface area (Å²) in [5, 5.41) is 3.62. The molecule has 0 bridgehead atoms. The molecule has 0 fully saturated rings. The molecular formula is C22H19BrClF2NO2. The maximum Gasteiger partial charge on any atom is 0.175 e. The lowest BCUT2D eigenvalue weighted by Gasteiger charge is -2.15. The third kappa shape index (κ3) is 5.92. The van der Waals surface area contributed by atoms with Gasteiger partial charge >= 0.3 is 0 Å². The van der Waals surface area contributed by atoms with Crippen molar-refractivity contribution in [3.8, 4) is 11.5 Å². The molecule has 7 heteroatoms. The number of ether oxygens (including phenoxy) is 2. The van der Waals surface area contributed by atoms with E-state index in [0.717, 1.165) is 15.6 Å². The standard InChI is InChI=1S/C22H19BrClF2NO2/c1-28-21-9-15(12-27-11-14-2-5-17(25)6-3-14)8-19(23)22(21)29-13-16-4-7-18(26)10-20(16)24/h2-10,27H,11-13H2,1H3. The van der Waals surface area contributed by atoms with E-state index < -0.39 is 5.82 Å². The van der Waals surface area contributed by atoms with Gasteiger partial charge < -0.3 is 14.8 Å². The normalized spacial score (nSPS) is 10.8. The summed E-state index contributed by atoms with van der Waals surface area (Å²) in [6.45, 7) is 1.38. The van der Waals surface area contributed by atoms with Crippen molar-refractivity contribution in [2.75, 3.05) is 7.11 Å². The summed E-state index contributed by atoms with van der Waals surface area (Å²) in [5.41, 5.74) is 2.66. The summed E-state index contributed by atoms with van der Waals surface area (Å²) in [5.74, 6) is 0.460. The molecule has 0 radical (unpaired) electrons. The molecule has 0 unspecified atom stereocenters. The van der Waals surface area contributed by atoms with Crippen LogP contribution < -0.4 is 14.8 Å². The van der Waals surface area contributed by atoms with E-state index in [0.29, 0.717) is 35.2 Å². The van der Waals surface area contributed by atoms with E-state index in [-0.39, 0.29) is 12.4 Å². The first-order valence-corrected chi connectivity index (χ1v) is 10.0. The fraction of sp³-hybridized carbons (Fsp3) is 0.182. The summed E-state index contributed by atoms with van der Waals surface area (Å²) >= 11 is 9.58. The van der Waals surface area contributed by atoms with Gasteiger partial charge in [-0.1, -0.05) is 29.8 Å². The zero-order chi connectivity index (χ0) is 20.8. The Kier molecular flexibility index (Phi) is 7.47. The van der Waals surface area contributed by atoms with Crippen molar-refractivity contribution in [3.05, 3.63) is 92.4 Å². The van der Waals surface area contributed by atoms with Gasteiger partial charge in [-0.25, -0.2) is 8.78 Å². The second-order valence-electron chi connectivity index (χ2n) is 6.36. The quantitative estimate of drug-likeness (QED) is 0.411. The monoisotopic (exact) mass is 481 g/mol. The van der Waals surface area contributed by atoms with Crippen LogP contribution in [0.3, 0.4) is 0 Å². The summed E-state index contributed by atoms with van der Waals surface area (Å²) in [6.07, 6.45) is 0. The van der Waals surface area contributed by atoms with E-state index in [1.54, 1.807) is 25.3 Å². The molecule has 3 rings (SSSR count). The molecule has 0 aromatic heterocycles. The molecule has 0 saturated carbocycles. The number of nitrogens with one attached hydrogen (secondary N) is 1. The van der Waals surface area contributed by atoms with Crippen LogP contribution >= 0.6 is 27.5 Å². The Hall–Kier alpha value is -2.15. The predicted molar refractivity (Wildman–Crippen MR) is 113 cm³/mol. The highest BCUT2D eigenvalue weighted by molar-refractivity contribution is 9.10. The number of hydrogen-bond donors (Lipinski definition) is 1. The van der Waals surface area contributed by atoms with E-state index in [1.807, 2.05) is 12.1 Å². The molecule has 0 aliphatic carbocycles. The van der Waals surface area contributed by atoms with Gasteiger partial charge in [-0.3, -0.25) is 0 Å². The number of halogens is 4. The van der Waals surface area contributed by atoms with Gasteiger partial charge in [0.15, 0.2) is 11.5 Å². The van der Waals surface area contributed by atoms with E-state index in [4.69, 9.17) is 21.1 Å². The summed E-state index contributed by atoms with van der Waals surface area (Å²) in [6, 6.07) is 14.4. The van der Waals surface area contributed by atoms with Gasteiger partial charge in [0.2, 0.25) is 0 Å². The predicted octanol–water partition coefficient (Wildman–Crippen LogP) is 6.26. The highest BCUT2D eigenvalue weighted by Gasteiger charge is 2.13. The summed E-state index contributed by atoms with van der Waals surface area (Å²) < 4.78 is 38.2. The van der Waals surface area contributed by atoms with Gasteiger partial charge in [-0.15, -0.1) is 0 Å². The lowest BCUT2D eigenvalue weighted by atomic mass is 10.1. The Labute approximate surface area is 181 Å². The topological polar surface area (TPSA) is 30.5 Å². The molecule has 3 aromatic carbocycles. The molecular weight excluding hydrogens is 464 g/mol. The van der Waals surface area contributed by atoms with Crippen molar-refractivity contribution >= 4 is 27.5 Å². The highest BCUT2D eigenvalue weighted by Crippen LogP contribution is 2.37. The third-order valence-corrected chi connectivity index (χ3v) is 5.19. The zero-order valence-corrected chi connectivity index (χ0v) is 18.0. The Bertz CT molecular complexity index is 983. The molecule has 0 atom stereocenters. The molecule has 0 amide bonds. The minimum absolute atomic E-state index is 0.177. The molecule has 1 N–H and O–H groups in total. The van der Waals surface area contributed by atoms with Gasteiger partial charge in [0.25, 0.3) is 0 Å². The van der Waals surface area contributed by atoms with Gasteiger partial charge in [0.05, 0.1) is 16.6 Å². The average molecular weight is 483 g/mol. The van der Waals surface area contributed by atoms with E-state index in [9.17, 15) is 8.78 Å². The molecule has 0 saturated heterocycles. The van der Waals surface area contributed by atoms with E-state index in [2.05, 4.69) is 21.2 Å². The molecule has 0 aliphatic heterocycles. The van der Waals surface area contributed by atoms with Crippen molar-refractivity contribution in [1.82, 2.24) is 5.32 Å². The second kappa shape index (κ2) is 10.1. The summed E-state index contributed by atoms with van der Waals surface area (Å²) in [4.78, 5) is 0. The first-order valence-electron chi connectivity index (χ1n) is 8.84. The van der Waals surface area contributed by atoms with Crippen LogP contribution in [0, 0.1) is 11.6 Å². The third-order valence-electron chi connectivity index (χ3n) is 4.25. The van der Waals surface area contributed by atoms with Gasteiger partial charge in [0.1, 0.15) is 18.2 Å². The second-order valence-corrected chi connectivity index (χ2v) is 7.62. The smallest absolute Gasteiger partial charge is 0.175 e. The Morgan fingerprint density at radius 1 is 0.931 bits per heavy atom. The number of hydrogen-bond acceptors (Lipinski definition) is 3. The molecule has 3 aromatic rings. The fourth-order valence-corrected chi connectivity index (χ4v) is 3.58. The van der Waals surface area contributed by atoms with Crippen molar-refractivity contribution in [1.29, 1.82) is 0 Å². The lowest BCUT2D eigenvalue weighted by molar-refractivity contribution is 0.282. The lowest BCUT2D eigenvalue weighted by Crippen LogP contribution is -2.13. The van der Waals surface area contributed by atoms with E-state index >= 15 is 0 Å². The van der Waals surface area contributed by atoms with Crippen LogP contribution in [0.1, 0.15) is 16.7 Å².